The summed E-state index contributed by atoms with van der Waals surface area (Å²) in [5.74, 6) is 0. The van der Waals surface area contributed by atoms with Crippen molar-refractivity contribution in [2.24, 2.45) is 5.41 Å². The van der Waals surface area contributed by atoms with Gasteiger partial charge in [0, 0.05) is 26.2 Å². The predicted octanol–water partition coefficient (Wildman–Crippen LogP) is 0.692. The Kier molecular flexibility index (Phi) is 1.90. The molecule has 1 heterocycles. The lowest BCUT2D eigenvalue weighted by molar-refractivity contribution is -0.0582. The van der Waals surface area contributed by atoms with E-state index in [0.29, 0.717) is 0 Å². The Morgan fingerprint density at radius 1 is 1.36 bits per heavy atom. The van der Waals surface area contributed by atoms with E-state index in [-0.39, 0.29) is 0 Å². The summed E-state index contributed by atoms with van der Waals surface area (Å²) in [4.78, 5) is 2.57. The van der Waals surface area contributed by atoms with Crippen molar-refractivity contribution >= 4 is 0 Å². The Balaban J connectivity index is 1.63. The average molecular weight is 154 g/mol. The van der Waals surface area contributed by atoms with Gasteiger partial charge >= 0.3 is 0 Å². The van der Waals surface area contributed by atoms with Crippen LogP contribution in [-0.4, -0.2) is 38.1 Å². The summed E-state index contributed by atoms with van der Waals surface area (Å²) in [6.07, 6.45) is 4.49. The third-order valence-electron chi connectivity index (χ3n) is 3.21. The summed E-state index contributed by atoms with van der Waals surface area (Å²) in [5, 5.41) is 3.19. The number of likely N-dealkylation sites (tertiary alicyclic amines) is 1. The van der Waals surface area contributed by atoms with Gasteiger partial charge in [-0.2, -0.15) is 0 Å². The number of nitrogens with one attached hydrogen (secondary N) is 1. The summed E-state index contributed by atoms with van der Waals surface area (Å²) in [6, 6.07) is 0. The molecule has 2 nitrogen and oxygen atoms in total. The van der Waals surface area contributed by atoms with Crippen molar-refractivity contribution in [2.45, 2.75) is 19.3 Å². The van der Waals surface area contributed by atoms with E-state index >= 15 is 0 Å². The first-order chi connectivity index (χ1) is 5.35. The SMILES string of the molecule is CNCCN1CC2(CCC2)C1. The quantitative estimate of drug-likeness (QED) is 0.643. The number of nitrogens with zero attached hydrogens (tertiary/aromatic N) is 1. The lowest BCUT2D eigenvalue weighted by Gasteiger charge is -2.56. The van der Waals surface area contributed by atoms with Crippen molar-refractivity contribution in [3.8, 4) is 0 Å². The van der Waals surface area contributed by atoms with Crippen LogP contribution in [-0.2, 0) is 0 Å². The van der Waals surface area contributed by atoms with Crippen LogP contribution in [0.2, 0.25) is 0 Å². The van der Waals surface area contributed by atoms with E-state index in [1.165, 1.54) is 38.9 Å². The van der Waals surface area contributed by atoms with E-state index in [0.717, 1.165) is 12.0 Å². The topological polar surface area (TPSA) is 15.3 Å². The average Bonchev–Trinajstić information content (AvgIpc) is 1.81. The van der Waals surface area contributed by atoms with Gasteiger partial charge in [-0.1, -0.05) is 6.42 Å². The van der Waals surface area contributed by atoms with Crippen LogP contribution in [0, 0.1) is 5.41 Å². The van der Waals surface area contributed by atoms with Crippen LogP contribution < -0.4 is 5.32 Å². The maximum atomic E-state index is 3.19. The Morgan fingerprint density at radius 2 is 2.09 bits per heavy atom. The van der Waals surface area contributed by atoms with E-state index in [1.807, 2.05) is 7.05 Å². The highest BCUT2D eigenvalue weighted by Gasteiger charge is 2.46. The van der Waals surface area contributed by atoms with Gasteiger partial charge in [0.25, 0.3) is 0 Å². The molecule has 0 amide bonds. The summed E-state index contributed by atoms with van der Waals surface area (Å²) in [6.45, 7) is 5.16. The zero-order valence-electron chi connectivity index (χ0n) is 7.40. The lowest BCUT2D eigenvalue weighted by Crippen LogP contribution is -2.60. The molecule has 0 aromatic carbocycles. The molecule has 2 heteroatoms. The zero-order valence-corrected chi connectivity index (χ0v) is 7.40. The molecule has 1 aliphatic heterocycles. The van der Waals surface area contributed by atoms with Crippen LogP contribution in [0.15, 0.2) is 0 Å². The predicted molar refractivity (Wildman–Crippen MR) is 46.7 cm³/mol. The maximum absolute atomic E-state index is 3.19. The van der Waals surface area contributed by atoms with E-state index in [9.17, 15) is 0 Å². The van der Waals surface area contributed by atoms with Crippen molar-refractivity contribution in [2.75, 3.05) is 33.2 Å². The molecule has 0 aromatic rings. The van der Waals surface area contributed by atoms with Gasteiger partial charge in [0.2, 0.25) is 0 Å². The van der Waals surface area contributed by atoms with Crippen LogP contribution in [0.25, 0.3) is 0 Å². The fourth-order valence-corrected chi connectivity index (χ4v) is 2.32. The molecule has 2 aliphatic rings. The molecule has 0 atom stereocenters. The molecule has 11 heavy (non-hydrogen) atoms. The van der Waals surface area contributed by atoms with Crippen molar-refractivity contribution in [1.29, 1.82) is 0 Å². The van der Waals surface area contributed by atoms with Gasteiger partial charge in [0.05, 0.1) is 0 Å². The molecule has 1 aliphatic carbocycles. The van der Waals surface area contributed by atoms with Crippen molar-refractivity contribution < 1.29 is 0 Å². The molecule has 1 N–H and O–H groups in total. The largest absolute Gasteiger partial charge is 0.318 e. The molecule has 1 saturated carbocycles. The number of likely N-dealkylation sites (N-methyl/N-ethyl adjacent to an activating group) is 1. The minimum Gasteiger partial charge on any atom is -0.318 e. The molecule has 0 unspecified atom stereocenters. The molecule has 0 bridgehead atoms. The first-order valence-corrected chi connectivity index (χ1v) is 4.72. The molecular weight excluding hydrogens is 136 g/mol. The molecule has 64 valence electrons. The Morgan fingerprint density at radius 3 is 2.55 bits per heavy atom. The molecule has 2 fully saturated rings. The van der Waals surface area contributed by atoms with Crippen LogP contribution in [0.5, 0.6) is 0 Å². The Bertz CT molecular complexity index is 132. The monoisotopic (exact) mass is 154 g/mol. The number of hydrogen-bond donors (Lipinski definition) is 1. The van der Waals surface area contributed by atoms with Gasteiger partial charge in [0.15, 0.2) is 0 Å². The summed E-state index contributed by atoms with van der Waals surface area (Å²) < 4.78 is 0. The smallest absolute Gasteiger partial charge is 0.0107 e. The fraction of sp³-hybridized carbons (Fsp3) is 1.00. The normalized spacial score (nSPS) is 28.1. The van der Waals surface area contributed by atoms with Gasteiger partial charge in [-0.15, -0.1) is 0 Å². The van der Waals surface area contributed by atoms with Crippen molar-refractivity contribution in [3.63, 3.8) is 0 Å². The van der Waals surface area contributed by atoms with E-state index in [4.69, 9.17) is 0 Å². The van der Waals surface area contributed by atoms with Gasteiger partial charge in [-0.05, 0) is 25.3 Å². The van der Waals surface area contributed by atoms with Crippen LogP contribution in [0.4, 0.5) is 0 Å². The third kappa shape index (κ3) is 1.30. The van der Waals surface area contributed by atoms with Crippen molar-refractivity contribution in [3.05, 3.63) is 0 Å². The standard InChI is InChI=1S/C9H18N2/c1-10-5-6-11-7-9(8-11)3-2-4-9/h10H,2-8H2,1H3. The first-order valence-electron chi connectivity index (χ1n) is 4.72. The van der Waals surface area contributed by atoms with Gasteiger partial charge in [0.1, 0.15) is 0 Å². The Labute approximate surface area is 69.0 Å². The molecule has 0 aromatic heterocycles. The molecule has 1 saturated heterocycles. The van der Waals surface area contributed by atoms with Crippen molar-refractivity contribution in [1.82, 2.24) is 10.2 Å². The second kappa shape index (κ2) is 2.76. The molecule has 2 rings (SSSR count). The van der Waals surface area contributed by atoms with Crippen LogP contribution in [0.1, 0.15) is 19.3 Å². The summed E-state index contributed by atoms with van der Waals surface area (Å²) in [5.41, 5.74) is 0.813. The van der Waals surface area contributed by atoms with Gasteiger partial charge < -0.3 is 10.2 Å². The maximum Gasteiger partial charge on any atom is 0.0107 e. The molecule has 0 radical (unpaired) electrons. The van der Waals surface area contributed by atoms with E-state index in [1.54, 1.807) is 0 Å². The van der Waals surface area contributed by atoms with Crippen LogP contribution >= 0.6 is 0 Å². The Hall–Kier alpha value is -0.0800. The first kappa shape index (κ1) is 7.56. The highest BCUT2D eigenvalue weighted by Crippen LogP contribution is 2.47. The highest BCUT2D eigenvalue weighted by atomic mass is 15.2. The van der Waals surface area contributed by atoms with Gasteiger partial charge in [-0.25, -0.2) is 0 Å². The van der Waals surface area contributed by atoms with Gasteiger partial charge in [-0.3, -0.25) is 0 Å². The minimum absolute atomic E-state index is 0.813. The zero-order chi connectivity index (χ0) is 7.73. The third-order valence-corrected chi connectivity index (χ3v) is 3.21. The lowest BCUT2D eigenvalue weighted by atomic mass is 9.63. The number of hydrogen-bond acceptors (Lipinski definition) is 2. The molecule has 1 spiro atoms. The second-order valence-corrected chi connectivity index (χ2v) is 4.17. The minimum atomic E-state index is 0.813. The number of rotatable bonds is 3. The second-order valence-electron chi connectivity index (χ2n) is 4.17. The summed E-state index contributed by atoms with van der Waals surface area (Å²) in [7, 11) is 2.03. The fourth-order valence-electron chi connectivity index (χ4n) is 2.32. The van der Waals surface area contributed by atoms with E-state index < -0.39 is 0 Å². The highest BCUT2D eigenvalue weighted by molar-refractivity contribution is 5.00. The van der Waals surface area contributed by atoms with Crippen LogP contribution in [0.3, 0.4) is 0 Å². The molecular formula is C9H18N2. The summed E-state index contributed by atoms with van der Waals surface area (Å²) >= 11 is 0. The van der Waals surface area contributed by atoms with E-state index in [2.05, 4.69) is 10.2 Å².